The van der Waals surface area contributed by atoms with Crippen LogP contribution in [0.15, 0.2) is 17.1 Å². The molecule has 0 bridgehead atoms. The van der Waals surface area contributed by atoms with Gasteiger partial charge in [0.2, 0.25) is 0 Å². The molecule has 0 unspecified atom stereocenters. The van der Waals surface area contributed by atoms with E-state index in [9.17, 15) is 9.18 Å². The summed E-state index contributed by atoms with van der Waals surface area (Å²) in [5, 5.41) is 2.70. The summed E-state index contributed by atoms with van der Waals surface area (Å²) in [5.41, 5.74) is 0.0879. The maximum Gasteiger partial charge on any atom is 0.274 e. The van der Waals surface area contributed by atoms with E-state index in [4.69, 9.17) is 4.74 Å². The first kappa shape index (κ1) is 11.1. The lowest BCUT2D eigenvalue weighted by Gasteiger charge is -2.24. The molecule has 0 aliphatic carbocycles. The molecule has 1 atom stereocenters. The maximum absolute atomic E-state index is 13.3. The minimum absolute atomic E-state index is 0.0518. The highest BCUT2D eigenvalue weighted by atomic mass is 19.1. The van der Waals surface area contributed by atoms with Crippen LogP contribution in [0.3, 0.4) is 0 Å². The summed E-state index contributed by atoms with van der Waals surface area (Å²) >= 11 is 0. The zero-order chi connectivity index (χ0) is 11.5. The third kappa shape index (κ3) is 2.09. The van der Waals surface area contributed by atoms with Gasteiger partial charge in [-0.3, -0.25) is 4.79 Å². The van der Waals surface area contributed by atoms with Gasteiger partial charge in [-0.2, -0.15) is 0 Å². The Kier molecular flexibility index (Phi) is 3.24. The number of anilines is 1. The smallest absolute Gasteiger partial charge is 0.274 e. The molecule has 0 amide bonds. The molecule has 0 spiro atoms. The Hall–Kier alpha value is -1.36. The zero-order valence-corrected chi connectivity index (χ0v) is 9.20. The first-order chi connectivity index (χ1) is 7.72. The molecule has 1 aliphatic rings. The molecular formula is C11H15FN2O2. The fourth-order valence-corrected chi connectivity index (χ4v) is 1.96. The van der Waals surface area contributed by atoms with E-state index in [0.29, 0.717) is 6.61 Å². The van der Waals surface area contributed by atoms with Crippen molar-refractivity contribution < 1.29 is 9.13 Å². The van der Waals surface area contributed by atoms with Crippen molar-refractivity contribution in [2.45, 2.75) is 18.9 Å². The predicted octanol–water partition coefficient (Wildman–Crippen LogP) is 1.38. The second-order valence-corrected chi connectivity index (χ2v) is 3.91. The number of hydrogen-bond donors (Lipinski definition) is 1. The Balaban J connectivity index is 2.38. The summed E-state index contributed by atoms with van der Waals surface area (Å²) in [6.07, 6.45) is 3.01. The highest BCUT2D eigenvalue weighted by Crippen LogP contribution is 2.18. The van der Waals surface area contributed by atoms with Crippen LogP contribution in [0.25, 0.3) is 0 Å². The number of nitrogens with one attached hydrogen (secondary N) is 1. The summed E-state index contributed by atoms with van der Waals surface area (Å²) in [6, 6.07) is 1.16. The quantitative estimate of drug-likeness (QED) is 0.828. The van der Waals surface area contributed by atoms with Gasteiger partial charge in [0, 0.05) is 25.9 Å². The molecule has 1 aliphatic heterocycles. The molecule has 0 saturated carbocycles. The molecule has 0 radical (unpaired) electrons. The maximum atomic E-state index is 13.3. The zero-order valence-electron chi connectivity index (χ0n) is 9.20. The van der Waals surface area contributed by atoms with Crippen molar-refractivity contribution in [2.24, 2.45) is 0 Å². The molecule has 1 saturated heterocycles. The number of rotatable bonds is 2. The van der Waals surface area contributed by atoms with E-state index < -0.39 is 5.82 Å². The van der Waals surface area contributed by atoms with Crippen molar-refractivity contribution in [2.75, 3.05) is 25.6 Å². The molecular weight excluding hydrogens is 211 g/mol. The first-order valence-electron chi connectivity index (χ1n) is 5.39. The van der Waals surface area contributed by atoms with E-state index in [1.54, 1.807) is 7.05 Å². The lowest BCUT2D eigenvalue weighted by Crippen LogP contribution is -2.31. The van der Waals surface area contributed by atoms with Crippen LogP contribution in [0.1, 0.15) is 18.9 Å². The van der Waals surface area contributed by atoms with Gasteiger partial charge in [0.25, 0.3) is 5.56 Å². The molecule has 2 heterocycles. The standard InChI is InChI=1S/C11H15FN2O2/c1-13-10-5-8(12)6-14(11(10)15)9-3-2-4-16-7-9/h5-6,9,13H,2-4,7H2,1H3/t9-/m1/s1. The molecule has 1 aromatic heterocycles. The molecule has 1 aromatic rings. The van der Waals surface area contributed by atoms with Crippen LogP contribution >= 0.6 is 0 Å². The first-order valence-corrected chi connectivity index (χ1v) is 5.39. The number of aromatic nitrogens is 1. The van der Waals surface area contributed by atoms with Crippen molar-refractivity contribution in [1.29, 1.82) is 0 Å². The number of ether oxygens (including phenoxy) is 1. The summed E-state index contributed by atoms with van der Waals surface area (Å²) in [5.74, 6) is -0.408. The monoisotopic (exact) mass is 226 g/mol. The molecule has 5 heteroatoms. The van der Waals surface area contributed by atoms with Crippen LogP contribution < -0.4 is 10.9 Å². The average Bonchev–Trinajstić information content (AvgIpc) is 2.33. The Bertz CT molecular complexity index is 424. The van der Waals surface area contributed by atoms with Gasteiger partial charge in [-0.25, -0.2) is 4.39 Å². The second kappa shape index (κ2) is 4.65. The van der Waals surface area contributed by atoms with E-state index in [1.165, 1.54) is 16.8 Å². The average molecular weight is 226 g/mol. The fraction of sp³-hybridized carbons (Fsp3) is 0.545. The summed E-state index contributed by atoms with van der Waals surface area (Å²) < 4.78 is 20.0. The van der Waals surface area contributed by atoms with Crippen molar-refractivity contribution in [3.8, 4) is 0 Å². The van der Waals surface area contributed by atoms with Crippen LogP contribution in [0.5, 0.6) is 0 Å². The molecule has 0 aromatic carbocycles. The van der Waals surface area contributed by atoms with Crippen molar-refractivity contribution >= 4 is 5.69 Å². The third-order valence-electron chi connectivity index (χ3n) is 2.81. The Morgan fingerprint density at radius 1 is 1.62 bits per heavy atom. The van der Waals surface area contributed by atoms with Gasteiger partial charge < -0.3 is 14.6 Å². The Morgan fingerprint density at radius 2 is 2.44 bits per heavy atom. The van der Waals surface area contributed by atoms with Gasteiger partial charge in [0.15, 0.2) is 0 Å². The summed E-state index contributed by atoms with van der Waals surface area (Å²) in [6.45, 7) is 1.20. The predicted molar refractivity (Wildman–Crippen MR) is 59.3 cm³/mol. The lowest BCUT2D eigenvalue weighted by atomic mass is 10.1. The van der Waals surface area contributed by atoms with Gasteiger partial charge in [-0.05, 0) is 12.8 Å². The molecule has 88 valence electrons. The number of nitrogens with zero attached hydrogens (tertiary/aromatic N) is 1. The number of halogens is 1. The summed E-state index contributed by atoms with van der Waals surface area (Å²) in [7, 11) is 1.61. The van der Waals surface area contributed by atoms with Gasteiger partial charge in [0.05, 0.1) is 12.6 Å². The minimum atomic E-state index is -0.408. The third-order valence-corrected chi connectivity index (χ3v) is 2.81. The van der Waals surface area contributed by atoms with Crippen molar-refractivity contribution in [3.63, 3.8) is 0 Å². The van der Waals surface area contributed by atoms with Gasteiger partial charge >= 0.3 is 0 Å². The van der Waals surface area contributed by atoms with Gasteiger partial charge in [-0.15, -0.1) is 0 Å². The van der Waals surface area contributed by atoms with Crippen LogP contribution in [-0.2, 0) is 4.74 Å². The highest BCUT2D eigenvalue weighted by Gasteiger charge is 2.18. The van der Waals surface area contributed by atoms with Crippen LogP contribution in [-0.4, -0.2) is 24.8 Å². The van der Waals surface area contributed by atoms with Crippen LogP contribution in [0.4, 0.5) is 10.1 Å². The second-order valence-electron chi connectivity index (χ2n) is 3.91. The lowest BCUT2D eigenvalue weighted by molar-refractivity contribution is 0.0577. The van der Waals surface area contributed by atoms with Gasteiger partial charge in [-0.1, -0.05) is 0 Å². The van der Waals surface area contributed by atoms with E-state index in [2.05, 4.69) is 5.32 Å². The largest absolute Gasteiger partial charge is 0.384 e. The molecule has 4 nitrogen and oxygen atoms in total. The van der Waals surface area contributed by atoms with Crippen LogP contribution in [0, 0.1) is 5.82 Å². The van der Waals surface area contributed by atoms with E-state index in [1.807, 2.05) is 0 Å². The molecule has 2 rings (SSSR count). The molecule has 1 fully saturated rings. The Labute approximate surface area is 93.0 Å². The number of pyridine rings is 1. The number of hydrogen-bond acceptors (Lipinski definition) is 3. The molecule has 16 heavy (non-hydrogen) atoms. The summed E-state index contributed by atoms with van der Waals surface area (Å²) in [4.78, 5) is 11.9. The van der Waals surface area contributed by atoms with Crippen molar-refractivity contribution in [1.82, 2.24) is 4.57 Å². The van der Waals surface area contributed by atoms with Crippen LogP contribution in [0.2, 0.25) is 0 Å². The topological polar surface area (TPSA) is 43.3 Å². The highest BCUT2D eigenvalue weighted by molar-refractivity contribution is 5.40. The van der Waals surface area contributed by atoms with Gasteiger partial charge in [0.1, 0.15) is 11.5 Å². The van der Waals surface area contributed by atoms with Crippen molar-refractivity contribution in [3.05, 3.63) is 28.4 Å². The minimum Gasteiger partial charge on any atom is -0.384 e. The SMILES string of the molecule is CNc1cc(F)cn([C@@H]2CCCOC2)c1=O. The fourth-order valence-electron chi connectivity index (χ4n) is 1.96. The normalized spacial score (nSPS) is 20.8. The van der Waals surface area contributed by atoms with E-state index in [0.717, 1.165) is 19.4 Å². The Morgan fingerprint density at radius 3 is 3.06 bits per heavy atom. The van der Waals surface area contributed by atoms with E-state index in [-0.39, 0.29) is 17.3 Å². The van der Waals surface area contributed by atoms with E-state index >= 15 is 0 Å². The molecule has 1 N–H and O–H groups in total.